The van der Waals surface area contributed by atoms with Gasteiger partial charge in [-0.3, -0.25) is 24.2 Å². The highest BCUT2D eigenvalue weighted by Gasteiger charge is 2.31. The Labute approximate surface area is 243 Å². The van der Waals surface area contributed by atoms with Crippen molar-refractivity contribution in [1.29, 1.82) is 0 Å². The van der Waals surface area contributed by atoms with Crippen LogP contribution < -0.4 is 38.9 Å². The van der Waals surface area contributed by atoms with Gasteiger partial charge in [0.1, 0.15) is 18.1 Å². The molecule has 4 atom stereocenters. The summed E-state index contributed by atoms with van der Waals surface area (Å²) in [5.41, 5.74) is 23.5. The Kier molecular flexibility index (Phi) is 13.4. The number of rotatable bonds is 17. The summed E-state index contributed by atoms with van der Waals surface area (Å²) in [5, 5.41) is 16.9. The minimum Gasteiger partial charge on any atom is -0.480 e. The maximum atomic E-state index is 13.5. The van der Waals surface area contributed by atoms with Crippen LogP contribution in [0.15, 0.2) is 65.7 Å². The lowest BCUT2D eigenvalue weighted by atomic mass is 10.0. The van der Waals surface area contributed by atoms with Gasteiger partial charge >= 0.3 is 5.97 Å². The number of nitrogens with one attached hydrogen (secondary N) is 3. The SMILES string of the molecule is NC(=O)CC(NC(=O)C(CCCN=C(N)N)NC(=O)C(Cc1ccccc1)NC(=O)C(N)Cc1ccccc1)C(=O)O. The minimum atomic E-state index is -1.61. The second kappa shape index (κ2) is 17.0. The van der Waals surface area contributed by atoms with Crippen molar-refractivity contribution in [3.05, 3.63) is 71.8 Å². The lowest BCUT2D eigenvalue weighted by Gasteiger charge is -2.25. The number of carbonyl (C=O) groups excluding carboxylic acids is 4. The average Bonchev–Trinajstić information content (AvgIpc) is 2.94. The van der Waals surface area contributed by atoms with Crippen LogP contribution in [0.4, 0.5) is 0 Å². The molecule has 2 aromatic carbocycles. The van der Waals surface area contributed by atoms with E-state index >= 15 is 0 Å². The van der Waals surface area contributed by atoms with Gasteiger partial charge in [0.25, 0.3) is 0 Å². The predicted molar refractivity (Wildman–Crippen MR) is 155 cm³/mol. The van der Waals surface area contributed by atoms with E-state index in [0.717, 1.165) is 11.1 Å². The highest BCUT2D eigenvalue weighted by molar-refractivity contribution is 5.95. The number of nitrogens with two attached hydrogens (primary N) is 4. The number of hydrogen-bond acceptors (Lipinski definition) is 7. The molecule has 14 heteroatoms. The van der Waals surface area contributed by atoms with E-state index in [-0.39, 0.29) is 38.2 Å². The molecule has 4 unspecified atom stereocenters. The van der Waals surface area contributed by atoms with E-state index in [0.29, 0.717) is 0 Å². The fourth-order valence-corrected chi connectivity index (χ4v) is 4.02. The monoisotopic (exact) mass is 582 g/mol. The lowest BCUT2D eigenvalue weighted by molar-refractivity contribution is -0.143. The van der Waals surface area contributed by atoms with Crippen LogP contribution >= 0.6 is 0 Å². The highest BCUT2D eigenvalue weighted by atomic mass is 16.4. The Bertz CT molecular complexity index is 1240. The van der Waals surface area contributed by atoms with Gasteiger partial charge in [-0.1, -0.05) is 60.7 Å². The molecule has 0 spiro atoms. The number of aliphatic imine (C=N–C) groups is 1. The number of hydrogen-bond donors (Lipinski definition) is 8. The molecule has 0 aliphatic carbocycles. The number of carbonyl (C=O) groups is 5. The number of carboxylic acid groups (broad SMARTS) is 1. The summed E-state index contributed by atoms with van der Waals surface area (Å²) in [7, 11) is 0. The van der Waals surface area contributed by atoms with Gasteiger partial charge in [-0.25, -0.2) is 4.79 Å². The Morgan fingerprint density at radius 1 is 0.714 bits per heavy atom. The maximum Gasteiger partial charge on any atom is 0.326 e. The molecule has 0 radical (unpaired) electrons. The average molecular weight is 583 g/mol. The van der Waals surface area contributed by atoms with Gasteiger partial charge in [-0.15, -0.1) is 0 Å². The molecule has 14 nitrogen and oxygen atoms in total. The third-order valence-corrected chi connectivity index (χ3v) is 6.15. The summed E-state index contributed by atoms with van der Waals surface area (Å²) in [6.07, 6.45) is -0.0865. The second-order valence-corrected chi connectivity index (χ2v) is 9.63. The first-order chi connectivity index (χ1) is 20.0. The number of amides is 4. The maximum absolute atomic E-state index is 13.5. The van der Waals surface area contributed by atoms with E-state index in [1.165, 1.54) is 0 Å². The molecule has 12 N–H and O–H groups in total. The summed E-state index contributed by atoms with van der Waals surface area (Å²) >= 11 is 0. The number of primary amides is 1. The second-order valence-electron chi connectivity index (χ2n) is 9.63. The fourth-order valence-electron chi connectivity index (χ4n) is 4.02. The molecule has 0 aromatic heterocycles. The fraction of sp³-hybridized carbons (Fsp3) is 0.357. The molecule has 0 saturated carbocycles. The molecule has 2 aromatic rings. The molecule has 4 amide bonds. The van der Waals surface area contributed by atoms with Crippen LogP contribution in [0.1, 0.15) is 30.4 Å². The van der Waals surface area contributed by atoms with Crippen molar-refractivity contribution >= 4 is 35.6 Å². The van der Waals surface area contributed by atoms with Crippen LogP contribution in [0.25, 0.3) is 0 Å². The predicted octanol–water partition coefficient (Wildman–Crippen LogP) is -1.73. The van der Waals surface area contributed by atoms with E-state index in [1.54, 1.807) is 30.3 Å². The van der Waals surface area contributed by atoms with Crippen molar-refractivity contribution in [2.75, 3.05) is 6.54 Å². The van der Waals surface area contributed by atoms with Crippen molar-refractivity contribution in [3.63, 3.8) is 0 Å². The van der Waals surface area contributed by atoms with Gasteiger partial charge in [-0.05, 0) is 30.4 Å². The minimum absolute atomic E-state index is 0.0107. The molecule has 226 valence electrons. The van der Waals surface area contributed by atoms with Gasteiger partial charge in [0.05, 0.1) is 12.5 Å². The van der Waals surface area contributed by atoms with E-state index in [2.05, 4.69) is 20.9 Å². The molecule has 0 saturated heterocycles. The Balaban J connectivity index is 2.24. The molecule has 0 heterocycles. The number of carboxylic acids is 1. The van der Waals surface area contributed by atoms with Crippen LogP contribution in [0.2, 0.25) is 0 Å². The highest BCUT2D eigenvalue weighted by Crippen LogP contribution is 2.08. The van der Waals surface area contributed by atoms with Crippen LogP contribution in [-0.4, -0.2) is 71.4 Å². The molecule has 0 aliphatic rings. The normalized spacial score (nSPS) is 13.5. The van der Waals surface area contributed by atoms with Crippen molar-refractivity contribution < 1.29 is 29.1 Å². The van der Waals surface area contributed by atoms with Gasteiger partial charge < -0.3 is 44.0 Å². The first kappa shape index (κ1) is 33.2. The Hall–Kier alpha value is -4.98. The topological polar surface area (TPSA) is 258 Å². The van der Waals surface area contributed by atoms with Crippen molar-refractivity contribution in [1.82, 2.24) is 16.0 Å². The quantitative estimate of drug-likeness (QED) is 0.0597. The number of benzene rings is 2. The summed E-state index contributed by atoms with van der Waals surface area (Å²) in [6, 6.07) is 13.1. The molecule has 0 bridgehead atoms. The first-order valence-electron chi connectivity index (χ1n) is 13.3. The number of nitrogens with zero attached hydrogens (tertiary/aromatic N) is 1. The van der Waals surface area contributed by atoms with E-state index in [4.69, 9.17) is 22.9 Å². The summed E-state index contributed by atoms with van der Waals surface area (Å²) in [4.78, 5) is 66.3. The van der Waals surface area contributed by atoms with Crippen LogP contribution in [0.5, 0.6) is 0 Å². The Morgan fingerprint density at radius 3 is 1.74 bits per heavy atom. The molecule has 0 fully saturated rings. The zero-order valence-electron chi connectivity index (χ0n) is 23.1. The third kappa shape index (κ3) is 12.0. The van der Waals surface area contributed by atoms with Gasteiger partial charge in [0.15, 0.2) is 5.96 Å². The van der Waals surface area contributed by atoms with Gasteiger partial charge in [0, 0.05) is 13.0 Å². The molecular formula is C28H38N8O6. The molecule has 42 heavy (non-hydrogen) atoms. The third-order valence-electron chi connectivity index (χ3n) is 6.15. The standard InChI is InChI=1S/C28H38N8O6/c29-19(14-17-8-3-1-4-9-17)24(38)35-21(15-18-10-5-2-6-11-18)26(40)34-20(12-7-13-33-28(31)32)25(39)36-22(27(41)42)16-23(30)37/h1-6,8-11,19-22H,7,12-16,29H2,(H2,30,37)(H,34,40)(H,35,38)(H,36,39)(H,41,42)(H4,31,32,33). The summed E-state index contributed by atoms with van der Waals surface area (Å²) in [6.45, 7) is 0.129. The van der Waals surface area contributed by atoms with Crippen molar-refractivity contribution in [2.45, 2.75) is 56.3 Å². The van der Waals surface area contributed by atoms with Crippen LogP contribution in [-0.2, 0) is 36.8 Å². The zero-order valence-corrected chi connectivity index (χ0v) is 23.1. The summed E-state index contributed by atoms with van der Waals surface area (Å²) < 4.78 is 0. The Morgan fingerprint density at radius 2 is 1.21 bits per heavy atom. The number of aliphatic carboxylic acids is 1. The van der Waals surface area contributed by atoms with E-state index < -0.39 is 60.2 Å². The first-order valence-corrected chi connectivity index (χ1v) is 13.3. The molecular weight excluding hydrogens is 544 g/mol. The molecule has 0 aliphatic heterocycles. The zero-order chi connectivity index (χ0) is 31.1. The van der Waals surface area contributed by atoms with Gasteiger partial charge in [-0.2, -0.15) is 0 Å². The largest absolute Gasteiger partial charge is 0.480 e. The van der Waals surface area contributed by atoms with Crippen LogP contribution in [0.3, 0.4) is 0 Å². The van der Waals surface area contributed by atoms with Gasteiger partial charge in [0.2, 0.25) is 23.6 Å². The van der Waals surface area contributed by atoms with E-state index in [9.17, 15) is 29.1 Å². The number of guanidine groups is 1. The smallest absolute Gasteiger partial charge is 0.326 e. The molecule has 2 rings (SSSR count). The summed E-state index contributed by atoms with van der Waals surface area (Å²) in [5.74, 6) is -4.72. The van der Waals surface area contributed by atoms with Crippen molar-refractivity contribution in [3.8, 4) is 0 Å². The lowest BCUT2D eigenvalue weighted by Crippen LogP contribution is -2.58. The van der Waals surface area contributed by atoms with E-state index in [1.807, 2.05) is 30.3 Å². The van der Waals surface area contributed by atoms with Crippen molar-refractivity contribution in [2.24, 2.45) is 27.9 Å². The van der Waals surface area contributed by atoms with Crippen LogP contribution in [0, 0.1) is 0 Å².